The number of thioether (sulfide) groups is 1. The fraction of sp³-hybridized carbons (Fsp3) is 0.115. The Labute approximate surface area is 230 Å². The molecule has 0 radical (unpaired) electrons. The van der Waals surface area contributed by atoms with Crippen molar-refractivity contribution in [1.29, 1.82) is 0 Å². The van der Waals surface area contributed by atoms with E-state index < -0.39 is 103 Å². The van der Waals surface area contributed by atoms with E-state index in [1.165, 1.54) is 0 Å². The second-order valence-corrected chi connectivity index (χ2v) is 9.27. The van der Waals surface area contributed by atoms with Crippen molar-refractivity contribution in [1.82, 2.24) is 4.90 Å². The number of amides is 3. The highest BCUT2D eigenvalue weighted by Gasteiger charge is 2.38. The maximum atomic E-state index is 16.1. The summed E-state index contributed by atoms with van der Waals surface area (Å²) in [7, 11) is 0. The molecule has 2 aromatic carbocycles. The average molecular weight is 595 g/mol. The predicted octanol–water partition coefficient (Wildman–Crippen LogP) is 4.17. The van der Waals surface area contributed by atoms with Crippen molar-refractivity contribution in [3.8, 4) is 11.5 Å². The van der Waals surface area contributed by atoms with Gasteiger partial charge in [0.25, 0.3) is 0 Å². The molecule has 0 bridgehead atoms. The smallest absolute Gasteiger partial charge is 0.339 e. The van der Waals surface area contributed by atoms with Gasteiger partial charge in [-0.2, -0.15) is 0 Å². The number of phenols is 1. The molecule has 0 atom stereocenters. The molecule has 2 aromatic rings. The number of halogens is 5. The zero-order valence-electron chi connectivity index (χ0n) is 20.2. The second kappa shape index (κ2) is 11.4. The van der Waals surface area contributed by atoms with Gasteiger partial charge in [0.05, 0.1) is 17.0 Å². The lowest BCUT2D eigenvalue weighted by atomic mass is 9.86. The van der Waals surface area contributed by atoms with Crippen molar-refractivity contribution in [3.63, 3.8) is 0 Å². The molecule has 0 spiro atoms. The molecule has 0 aromatic heterocycles. The summed E-state index contributed by atoms with van der Waals surface area (Å²) >= 11 is -0.0114. The first-order chi connectivity index (χ1) is 19.4. The molecule has 4 rings (SSSR count). The van der Waals surface area contributed by atoms with E-state index in [0.717, 1.165) is 0 Å². The molecule has 1 saturated heterocycles. The first kappa shape index (κ1) is 29.2. The molecule has 0 saturated carbocycles. The molecule has 41 heavy (non-hydrogen) atoms. The van der Waals surface area contributed by atoms with E-state index >= 15 is 13.2 Å². The minimum atomic E-state index is -2.21. The highest BCUT2D eigenvalue weighted by molar-refractivity contribution is 8.00. The van der Waals surface area contributed by atoms with Gasteiger partial charge in [0.2, 0.25) is 17.7 Å². The fourth-order valence-corrected chi connectivity index (χ4v) is 5.04. The van der Waals surface area contributed by atoms with Gasteiger partial charge in [0.1, 0.15) is 29.2 Å². The number of aromatic hydroxyl groups is 1. The van der Waals surface area contributed by atoms with Crippen LogP contribution in [-0.2, 0) is 19.2 Å². The number of carbonyl (C=O) groups excluding carboxylic acids is 4. The van der Waals surface area contributed by atoms with Crippen LogP contribution < -0.4 is 4.74 Å². The van der Waals surface area contributed by atoms with Crippen LogP contribution in [0.5, 0.6) is 11.5 Å². The number of ether oxygens (including phenoxy) is 1. The topological polar surface area (TPSA) is 138 Å². The van der Waals surface area contributed by atoms with E-state index in [-0.39, 0.29) is 42.1 Å². The van der Waals surface area contributed by atoms with E-state index in [1.54, 1.807) is 0 Å². The van der Waals surface area contributed by atoms with Gasteiger partial charge in [0, 0.05) is 47.3 Å². The van der Waals surface area contributed by atoms with Gasteiger partial charge in [-0.25, -0.2) is 31.6 Å². The number of likely N-dealkylation sites (tertiary alicyclic amines) is 1. The number of rotatable bonds is 7. The summed E-state index contributed by atoms with van der Waals surface area (Å²) in [5, 5.41) is 19.5. The number of aldehydes is 1. The van der Waals surface area contributed by atoms with Crippen molar-refractivity contribution in [2.24, 2.45) is 0 Å². The Morgan fingerprint density at radius 3 is 2.29 bits per heavy atom. The number of aromatic carboxylic acids is 1. The van der Waals surface area contributed by atoms with Crippen molar-refractivity contribution in [2.75, 3.05) is 5.75 Å². The van der Waals surface area contributed by atoms with Crippen LogP contribution in [0.25, 0.3) is 5.57 Å². The van der Waals surface area contributed by atoms with Crippen LogP contribution in [-0.4, -0.2) is 50.8 Å². The zero-order valence-corrected chi connectivity index (χ0v) is 21.0. The van der Waals surface area contributed by atoms with Crippen LogP contribution >= 0.6 is 11.8 Å². The van der Waals surface area contributed by atoms with Crippen molar-refractivity contribution >= 4 is 47.3 Å². The number of phenolic OH excluding ortho intramolecular Hbond substituents is 1. The lowest BCUT2D eigenvalue weighted by molar-refractivity contribution is -0.148. The lowest BCUT2D eigenvalue weighted by Gasteiger charge is -2.26. The molecular weight excluding hydrogens is 581 g/mol. The van der Waals surface area contributed by atoms with Gasteiger partial charge in [-0.3, -0.25) is 19.2 Å². The maximum absolute atomic E-state index is 16.1. The van der Waals surface area contributed by atoms with Crippen LogP contribution in [0.3, 0.4) is 0 Å². The Balaban J connectivity index is 2.02. The summed E-state index contributed by atoms with van der Waals surface area (Å²) in [6.07, 6.45) is 0.679. The minimum absolute atomic E-state index is 0.0114. The summed E-state index contributed by atoms with van der Waals surface area (Å²) in [5.74, 6) is -15.5. The average Bonchev–Trinajstić information content (AvgIpc) is 3.25. The van der Waals surface area contributed by atoms with Gasteiger partial charge < -0.3 is 14.9 Å². The zero-order chi connectivity index (χ0) is 30.2. The van der Waals surface area contributed by atoms with Crippen LogP contribution in [0.15, 0.2) is 46.8 Å². The number of hydrogen-bond acceptors (Lipinski definition) is 8. The molecule has 0 aliphatic carbocycles. The first-order valence-corrected chi connectivity index (χ1v) is 12.2. The van der Waals surface area contributed by atoms with Gasteiger partial charge in [-0.05, 0) is 12.1 Å². The molecular formula is C26H14F5NO8S. The molecule has 3 amide bonds. The quantitative estimate of drug-likeness (QED) is 0.121. The van der Waals surface area contributed by atoms with Gasteiger partial charge in [0.15, 0.2) is 23.2 Å². The van der Waals surface area contributed by atoms with Crippen molar-refractivity contribution in [2.45, 2.75) is 17.7 Å². The largest absolute Gasteiger partial charge is 0.505 e. The number of benzene rings is 2. The highest BCUT2D eigenvalue weighted by Crippen LogP contribution is 2.47. The van der Waals surface area contributed by atoms with Crippen LogP contribution in [0, 0.1) is 23.3 Å². The SMILES string of the molecule is O=C/C=C1/Oc2cc(O)c(F)cc2C(c2c(F)c(SCC(=O)N3C(=O)CCC3=O)c(F)c(F)c2C(=O)O)=C1/C=C/F. The standard InChI is InChI=1S/C26H14F5NO8S/c27-5-3-10-14(4-6-33)40-15-8-13(34)12(28)7-11(15)19(10)20-21(26(38)39)22(29)24(31)25(23(20)30)41-9-18(37)32-16(35)1-2-17(32)36/h3-8,34H,1-2,9H2,(H,38,39)/b5-3+,14-4+. The van der Waals surface area contributed by atoms with Gasteiger partial charge in [-0.15, -0.1) is 11.8 Å². The molecule has 2 aliphatic rings. The van der Waals surface area contributed by atoms with E-state index in [9.17, 15) is 43.0 Å². The van der Waals surface area contributed by atoms with Crippen molar-refractivity contribution in [3.05, 3.63) is 81.9 Å². The molecule has 2 N–H and O–H groups in total. The second-order valence-electron chi connectivity index (χ2n) is 8.28. The third kappa shape index (κ3) is 5.11. The summed E-state index contributed by atoms with van der Waals surface area (Å²) in [6, 6.07) is 1.19. The summed E-state index contributed by atoms with van der Waals surface area (Å²) in [5.41, 5.74) is -4.81. The normalized spacial score (nSPS) is 16.0. The Kier molecular flexibility index (Phi) is 8.10. The number of carboxylic acid groups (broad SMARTS) is 1. The Morgan fingerprint density at radius 2 is 1.71 bits per heavy atom. The third-order valence-corrected chi connectivity index (χ3v) is 6.95. The number of fused-ring (bicyclic) bond motifs is 1. The monoisotopic (exact) mass is 595 g/mol. The van der Waals surface area contributed by atoms with E-state index in [1.807, 2.05) is 0 Å². The number of nitrogens with zero attached hydrogens (tertiary/aromatic N) is 1. The molecule has 2 heterocycles. The first-order valence-electron chi connectivity index (χ1n) is 11.3. The fourth-order valence-electron chi connectivity index (χ4n) is 4.20. The molecule has 15 heteroatoms. The molecule has 9 nitrogen and oxygen atoms in total. The Morgan fingerprint density at radius 1 is 1.05 bits per heavy atom. The number of imide groups is 3. The van der Waals surface area contributed by atoms with E-state index in [0.29, 0.717) is 24.3 Å². The van der Waals surface area contributed by atoms with Crippen molar-refractivity contribution < 1.29 is 60.9 Å². The Bertz CT molecular complexity index is 1630. The van der Waals surface area contributed by atoms with Crippen LogP contribution in [0.4, 0.5) is 22.0 Å². The van der Waals surface area contributed by atoms with Crippen LogP contribution in [0.2, 0.25) is 0 Å². The van der Waals surface area contributed by atoms with Crippen LogP contribution in [0.1, 0.15) is 34.3 Å². The summed E-state index contributed by atoms with van der Waals surface area (Å²) < 4.78 is 79.7. The minimum Gasteiger partial charge on any atom is -0.505 e. The highest BCUT2D eigenvalue weighted by atomic mass is 32.2. The molecule has 2 aliphatic heterocycles. The third-order valence-electron chi connectivity index (χ3n) is 5.91. The van der Waals surface area contributed by atoms with Gasteiger partial charge >= 0.3 is 5.97 Å². The van der Waals surface area contributed by atoms with E-state index in [2.05, 4.69) is 0 Å². The Hall–Kier alpha value is -4.79. The number of carbonyl (C=O) groups is 5. The number of hydrogen-bond donors (Lipinski definition) is 2. The number of carboxylic acids is 1. The molecule has 212 valence electrons. The lowest BCUT2D eigenvalue weighted by Crippen LogP contribution is -2.36. The molecule has 1 fully saturated rings. The molecule has 0 unspecified atom stereocenters. The van der Waals surface area contributed by atoms with E-state index in [4.69, 9.17) is 4.74 Å². The summed E-state index contributed by atoms with van der Waals surface area (Å²) in [4.78, 5) is 58.4. The predicted molar refractivity (Wildman–Crippen MR) is 129 cm³/mol. The number of allylic oxidation sites excluding steroid dienone is 2. The van der Waals surface area contributed by atoms with Gasteiger partial charge in [-0.1, -0.05) is 0 Å². The summed E-state index contributed by atoms with van der Waals surface area (Å²) in [6.45, 7) is 0. The maximum Gasteiger partial charge on any atom is 0.339 e.